The SMILES string of the molecule is O=[C]c1cccc2c(=O)c3ccccc3sc12. The first-order valence-electron chi connectivity index (χ1n) is 5.14. The molecule has 3 aromatic rings. The van der Waals surface area contributed by atoms with E-state index in [0.717, 1.165) is 4.70 Å². The van der Waals surface area contributed by atoms with Crippen molar-refractivity contribution in [1.29, 1.82) is 0 Å². The van der Waals surface area contributed by atoms with Crippen molar-refractivity contribution in [2.45, 2.75) is 0 Å². The standard InChI is InChI=1S/C14H7O2S/c15-8-9-4-3-6-11-13(16)10-5-1-2-7-12(10)17-14(9)11/h1-7H. The number of hydrogen-bond acceptors (Lipinski definition) is 3. The first-order chi connectivity index (χ1) is 8.31. The molecule has 2 nitrogen and oxygen atoms in total. The second kappa shape index (κ2) is 3.79. The van der Waals surface area contributed by atoms with Crippen molar-refractivity contribution in [2.75, 3.05) is 0 Å². The Bertz CT molecular complexity index is 787. The van der Waals surface area contributed by atoms with Crippen molar-refractivity contribution >= 4 is 37.8 Å². The minimum atomic E-state index is -0.0218. The first-order valence-corrected chi connectivity index (χ1v) is 5.95. The predicted molar refractivity (Wildman–Crippen MR) is 70.4 cm³/mol. The lowest BCUT2D eigenvalue weighted by atomic mass is 10.1. The fourth-order valence-electron chi connectivity index (χ4n) is 1.90. The molecule has 0 aliphatic carbocycles. The number of carbonyl (C=O) groups excluding carboxylic acids is 1. The highest BCUT2D eigenvalue weighted by Crippen LogP contribution is 2.26. The minimum absolute atomic E-state index is 0.0218. The van der Waals surface area contributed by atoms with Crippen LogP contribution in [0.2, 0.25) is 0 Å². The topological polar surface area (TPSA) is 34.1 Å². The molecule has 0 aliphatic heterocycles. The second-order valence-corrected chi connectivity index (χ2v) is 4.76. The van der Waals surface area contributed by atoms with Crippen LogP contribution < -0.4 is 5.43 Å². The summed E-state index contributed by atoms with van der Waals surface area (Å²) in [5, 5.41) is 1.29. The summed E-state index contributed by atoms with van der Waals surface area (Å²) in [6, 6.07) is 12.6. The molecule has 0 aliphatic rings. The van der Waals surface area contributed by atoms with Gasteiger partial charge in [-0.2, -0.15) is 0 Å². The van der Waals surface area contributed by atoms with Gasteiger partial charge in [0.15, 0.2) is 5.43 Å². The summed E-state index contributed by atoms with van der Waals surface area (Å²) in [7, 11) is 0. The Labute approximate surface area is 101 Å². The zero-order chi connectivity index (χ0) is 11.8. The van der Waals surface area contributed by atoms with Gasteiger partial charge in [-0.3, -0.25) is 9.59 Å². The van der Waals surface area contributed by atoms with Crippen LogP contribution in [0.5, 0.6) is 0 Å². The van der Waals surface area contributed by atoms with Crippen molar-refractivity contribution in [1.82, 2.24) is 0 Å². The van der Waals surface area contributed by atoms with E-state index in [9.17, 15) is 9.59 Å². The molecule has 2 aromatic carbocycles. The molecule has 0 spiro atoms. The van der Waals surface area contributed by atoms with E-state index in [2.05, 4.69) is 0 Å². The summed E-state index contributed by atoms with van der Waals surface area (Å²) in [4.78, 5) is 23.1. The summed E-state index contributed by atoms with van der Waals surface area (Å²) in [5.41, 5.74) is 0.432. The molecule has 1 radical (unpaired) electrons. The lowest BCUT2D eigenvalue weighted by molar-refractivity contribution is 0.563. The minimum Gasteiger partial charge on any atom is -0.289 e. The van der Waals surface area contributed by atoms with Crippen molar-refractivity contribution < 1.29 is 4.79 Å². The Balaban J connectivity index is 2.64. The van der Waals surface area contributed by atoms with Gasteiger partial charge in [0, 0.05) is 21.0 Å². The van der Waals surface area contributed by atoms with Gasteiger partial charge in [-0.05, 0) is 24.3 Å². The molecule has 81 valence electrons. The molecule has 0 saturated carbocycles. The predicted octanol–water partition coefficient (Wildman–Crippen LogP) is 2.87. The van der Waals surface area contributed by atoms with E-state index < -0.39 is 0 Å². The molecule has 0 saturated heterocycles. The van der Waals surface area contributed by atoms with Crippen LogP contribution in [0.3, 0.4) is 0 Å². The van der Waals surface area contributed by atoms with Crippen LogP contribution in [0.15, 0.2) is 47.3 Å². The lowest BCUT2D eigenvalue weighted by Crippen LogP contribution is -2.01. The van der Waals surface area contributed by atoms with Crippen LogP contribution in [-0.4, -0.2) is 6.29 Å². The molecule has 1 heterocycles. The molecule has 0 N–H and O–H groups in total. The smallest absolute Gasteiger partial charge is 0.235 e. The van der Waals surface area contributed by atoms with Crippen molar-refractivity contribution in [3.8, 4) is 0 Å². The van der Waals surface area contributed by atoms with Gasteiger partial charge in [0.1, 0.15) is 0 Å². The van der Waals surface area contributed by atoms with Crippen LogP contribution in [0.4, 0.5) is 0 Å². The van der Waals surface area contributed by atoms with Crippen molar-refractivity contribution in [3.05, 3.63) is 58.3 Å². The Morgan fingerprint density at radius 2 is 1.71 bits per heavy atom. The molecule has 0 atom stereocenters. The Hall–Kier alpha value is -2.00. The molecule has 3 heteroatoms. The molecule has 1 aromatic heterocycles. The second-order valence-electron chi connectivity index (χ2n) is 3.71. The molecular weight excluding hydrogens is 232 g/mol. The average molecular weight is 239 g/mol. The van der Waals surface area contributed by atoms with Gasteiger partial charge in [0.2, 0.25) is 6.29 Å². The third kappa shape index (κ3) is 1.47. The van der Waals surface area contributed by atoms with E-state index in [0.29, 0.717) is 21.0 Å². The van der Waals surface area contributed by atoms with E-state index in [1.165, 1.54) is 11.3 Å². The van der Waals surface area contributed by atoms with E-state index in [1.54, 1.807) is 18.2 Å². The fourth-order valence-corrected chi connectivity index (χ4v) is 3.03. The largest absolute Gasteiger partial charge is 0.289 e. The Morgan fingerprint density at radius 1 is 0.941 bits per heavy atom. The number of rotatable bonds is 1. The van der Waals surface area contributed by atoms with Crippen LogP contribution in [0.25, 0.3) is 20.2 Å². The van der Waals surface area contributed by atoms with Gasteiger partial charge in [-0.15, -0.1) is 11.3 Å². The summed E-state index contributed by atoms with van der Waals surface area (Å²) < 4.78 is 1.61. The highest BCUT2D eigenvalue weighted by Gasteiger charge is 2.08. The van der Waals surface area contributed by atoms with Crippen molar-refractivity contribution in [3.63, 3.8) is 0 Å². The number of hydrogen-bond donors (Lipinski definition) is 0. The molecule has 0 amide bonds. The molecular formula is C14H7O2S. The molecule has 0 unspecified atom stereocenters. The normalized spacial score (nSPS) is 10.8. The maximum Gasteiger partial charge on any atom is 0.235 e. The third-order valence-corrected chi connectivity index (χ3v) is 3.93. The van der Waals surface area contributed by atoms with Gasteiger partial charge >= 0.3 is 0 Å². The van der Waals surface area contributed by atoms with E-state index >= 15 is 0 Å². The number of fused-ring (bicyclic) bond motifs is 2. The molecule has 3 rings (SSSR count). The summed E-state index contributed by atoms with van der Waals surface area (Å²) in [6.45, 7) is 0. The van der Waals surface area contributed by atoms with Crippen LogP contribution in [-0.2, 0) is 4.79 Å². The zero-order valence-corrected chi connectivity index (χ0v) is 9.58. The first kappa shape index (κ1) is 10.2. The third-order valence-electron chi connectivity index (χ3n) is 2.71. The average Bonchev–Trinajstić information content (AvgIpc) is 2.38. The molecule has 17 heavy (non-hydrogen) atoms. The van der Waals surface area contributed by atoms with E-state index in [-0.39, 0.29) is 5.43 Å². The monoisotopic (exact) mass is 239 g/mol. The summed E-state index contributed by atoms with van der Waals surface area (Å²) in [5.74, 6) is 0. The molecule has 0 fully saturated rings. The Morgan fingerprint density at radius 3 is 2.53 bits per heavy atom. The van der Waals surface area contributed by atoms with Crippen LogP contribution in [0, 0.1) is 0 Å². The fraction of sp³-hybridized carbons (Fsp3) is 0. The van der Waals surface area contributed by atoms with Crippen LogP contribution >= 0.6 is 11.3 Å². The Kier molecular flexibility index (Phi) is 2.27. The van der Waals surface area contributed by atoms with Gasteiger partial charge < -0.3 is 0 Å². The van der Waals surface area contributed by atoms with Crippen LogP contribution in [0.1, 0.15) is 5.56 Å². The highest BCUT2D eigenvalue weighted by atomic mass is 32.1. The van der Waals surface area contributed by atoms with Crippen molar-refractivity contribution in [2.24, 2.45) is 0 Å². The lowest BCUT2D eigenvalue weighted by Gasteiger charge is -2.01. The van der Waals surface area contributed by atoms with Gasteiger partial charge in [0.25, 0.3) is 0 Å². The van der Waals surface area contributed by atoms with Gasteiger partial charge in [0.05, 0.1) is 4.70 Å². The van der Waals surface area contributed by atoms with Gasteiger partial charge in [-0.1, -0.05) is 18.2 Å². The maximum absolute atomic E-state index is 12.2. The maximum atomic E-state index is 12.2. The quantitative estimate of drug-likeness (QED) is 0.612. The van der Waals surface area contributed by atoms with E-state index in [1.807, 2.05) is 30.6 Å². The summed E-state index contributed by atoms with van der Waals surface area (Å²) in [6.07, 6.45) is 1.88. The van der Waals surface area contributed by atoms with Gasteiger partial charge in [-0.25, -0.2) is 0 Å². The molecule has 0 bridgehead atoms. The zero-order valence-electron chi connectivity index (χ0n) is 8.77. The number of benzene rings is 2. The summed E-state index contributed by atoms with van der Waals surface area (Å²) >= 11 is 1.45. The highest BCUT2D eigenvalue weighted by molar-refractivity contribution is 7.24. The van der Waals surface area contributed by atoms with E-state index in [4.69, 9.17) is 0 Å².